The fourth-order valence-electron chi connectivity index (χ4n) is 1.37. The lowest BCUT2D eigenvalue weighted by atomic mass is 10.1. The summed E-state index contributed by atoms with van der Waals surface area (Å²) < 4.78 is 0.690. The van der Waals surface area contributed by atoms with Crippen molar-refractivity contribution in [2.24, 2.45) is 0 Å². The van der Waals surface area contributed by atoms with Crippen molar-refractivity contribution in [2.75, 3.05) is 0 Å². The van der Waals surface area contributed by atoms with Crippen LogP contribution in [0.1, 0.15) is 5.56 Å². The van der Waals surface area contributed by atoms with Gasteiger partial charge in [0.15, 0.2) is 0 Å². The van der Waals surface area contributed by atoms with Gasteiger partial charge in [-0.25, -0.2) is 0 Å². The maximum atomic E-state index is 8.78. The first-order chi connectivity index (χ1) is 7.29. The highest BCUT2D eigenvalue weighted by Crippen LogP contribution is 2.17. The monoisotopic (exact) mass is 212 g/mol. The number of hydrogen-bond donors (Lipinski definition) is 1. The Labute approximate surface area is 92.8 Å². The van der Waals surface area contributed by atoms with Crippen molar-refractivity contribution >= 4 is 12.2 Å². The maximum absolute atomic E-state index is 8.78. The SMILES string of the molecule is N#Cc1cccc(-c2cccc(=S)[nH]2)c1. The summed E-state index contributed by atoms with van der Waals surface area (Å²) in [6.07, 6.45) is 0. The van der Waals surface area contributed by atoms with Crippen LogP contribution in [0.3, 0.4) is 0 Å². The van der Waals surface area contributed by atoms with Crippen molar-refractivity contribution in [1.82, 2.24) is 4.98 Å². The fourth-order valence-corrected chi connectivity index (χ4v) is 1.56. The van der Waals surface area contributed by atoms with Crippen molar-refractivity contribution in [3.05, 3.63) is 52.7 Å². The molecule has 2 aromatic rings. The average molecular weight is 212 g/mol. The molecule has 0 atom stereocenters. The van der Waals surface area contributed by atoms with E-state index < -0.39 is 0 Å². The van der Waals surface area contributed by atoms with Gasteiger partial charge in [-0.2, -0.15) is 5.26 Å². The van der Waals surface area contributed by atoms with E-state index in [0.29, 0.717) is 10.2 Å². The van der Waals surface area contributed by atoms with Crippen molar-refractivity contribution in [3.63, 3.8) is 0 Å². The molecule has 0 bridgehead atoms. The van der Waals surface area contributed by atoms with Crippen molar-refractivity contribution < 1.29 is 0 Å². The van der Waals surface area contributed by atoms with Gasteiger partial charge in [-0.15, -0.1) is 0 Å². The van der Waals surface area contributed by atoms with E-state index in [1.54, 1.807) is 6.07 Å². The van der Waals surface area contributed by atoms with E-state index in [1.807, 2.05) is 36.4 Å². The number of pyridine rings is 1. The lowest BCUT2D eigenvalue weighted by Gasteiger charge is -2.01. The topological polar surface area (TPSA) is 39.6 Å². The Morgan fingerprint density at radius 1 is 1.13 bits per heavy atom. The summed E-state index contributed by atoms with van der Waals surface area (Å²) in [5, 5.41) is 8.78. The van der Waals surface area contributed by atoms with Crippen molar-refractivity contribution in [2.45, 2.75) is 0 Å². The van der Waals surface area contributed by atoms with E-state index in [4.69, 9.17) is 17.5 Å². The molecule has 0 fully saturated rings. The third-order valence-corrected chi connectivity index (χ3v) is 2.31. The number of rotatable bonds is 1. The van der Waals surface area contributed by atoms with E-state index >= 15 is 0 Å². The zero-order valence-electron chi connectivity index (χ0n) is 7.90. The minimum atomic E-state index is 0.649. The van der Waals surface area contributed by atoms with E-state index in [9.17, 15) is 0 Å². The molecule has 0 saturated heterocycles. The molecule has 0 amide bonds. The Morgan fingerprint density at radius 2 is 1.93 bits per heavy atom. The lowest BCUT2D eigenvalue weighted by molar-refractivity contribution is 1.30. The molecule has 1 N–H and O–H groups in total. The third kappa shape index (κ3) is 2.12. The summed E-state index contributed by atoms with van der Waals surface area (Å²) in [7, 11) is 0. The largest absolute Gasteiger partial charge is 0.346 e. The third-order valence-electron chi connectivity index (χ3n) is 2.07. The molecule has 0 saturated carbocycles. The second-order valence-electron chi connectivity index (χ2n) is 3.12. The van der Waals surface area contributed by atoms with Gasteiger partial charge >= 0.3 is 0 Å². The van der Waals surface area contributed by atoms with Crippen molar-refractivity contribution in [1.29, 1.82) is 5.26 Å². The summed E-state index contributed by atoms with van der Waals surface area (Å²) in [4.78, 5) is 3.08. The van der Waals surface area contributed by atoms with Gasteiger partial charge in [0, 0.05) is 5.69 Å². The molecular formula is C12H8N2S. The van der Waals surface area contributed by atoms with Crippen LogP contribution in [0.5, 0.6) is 0 Å². The highest BCUT2D eigenvalue weighted by molar-refractivity contribution is 7.71. The molecule has 2 nitrogen and oxygen atoms in total. The Balaban J connectivity index is 2.55. The maximum Gasteiger partial charge on any atom is 0.103 e. The predicted molar refractivity (Wildman–Crippen MR) is 61.8 cm³/mol. The van der Waals surface area contributed by atoms with Gasteiger partial charge in [0.25, 0.3) is 0 Å². The lowest BCUT2D eigenvalue weighted by Crippen LogP contribution is -1.84. The smallest absolute Gasteiger partial charge is 0.103 e. The number of aromatic amines is 1. The molecule has 0 aliphatic heterocycles. The molecule has 0 aliphatic carbocycles. The molecule has 3 heteroatoms. The van der Waals surface area contributed by atoms with E-state index in [1.165, 1.54) is 0 Å². The van der Waals surface area contributed by atoms with Gasteiger partial charge in [-0.1, -0.05) is 30.4 Å². The molecule has 0 aliphatic rings. The van der Waals surface area contributed by atoms with Crippen LogP contribution < -0.4 is 0 Å². The quantitative estimate of drug-likeness (QED) is 0.737. The fraction of sp³-hybridized carbons (Fsp3) is 0. The highest BCUT2D eigenvalue weighted by atomic mass is 32.1. The number of H-pyrrole nitrogens is 1. The van der Waals surface area contributed by atoms with Crippen LogP contribution in [-0.4, -0.2) is 4.98 Å². The zero-order chi connectivity index (χ0) is 10.7. The molecule has 72 valence electrons. The van der Waals surface area contributed by atoms with Crippen molar-refractivity contribution in [3.8, 4) is 17.3 Å². The number of nitrogens with one attached hydrogen (secondary N) is 1. The number of hydrogen-bond acceptors (Lipinski definition) is 2. The second kappa shape index (κ2) is 4.07. The van der Waals surface area contributed by atoms with Crippen LogP contribution in [-0.2, 0) is 0 Å². The second-order valence-corrected chi connectivity index (χ2v) is 3.56. The molecule has 0 unspecified atom stereocenters. The van der Waals surface area contributed by atoms with Crippen LogP contribution in [0, 0.1) is 16.0 Å². The van der Waals surface area contributed by atoms with E-state index in [-0.39, 0.29) is 0 Å². The molecule has 2 rings (SSSR count). The predicted octanol–water partition coefficient (Wildman–Crippen LogP) is 3.28. The Kier molecular flexibility index (Phi) is 2.61. The molecule has 0 spiro atoms. The van der Waals surface area contributed by atoms with Gasteiger partial charge in [-0.05, 0) is 29.8 Å². The standard InChI is InChI=1S/C12H8N2S/c13-8-9-3-1-4-10(7-9)11-5-2-6-12(15)14-11/h1-7H,(H,14,15). The minimum Gasteiger partial charge on any atom is -0.346 e. The first kappa shape index (κ1) is 9.63. The molecule has 1 aromatic heterocycles. The summed E-state index contributed by atoms with van der Waals surface area (Å²) in [5.74, 6) is 0. The normalized spacial score (nSPS) is 9.53. The number of nitriles is 1. The summed E-state index contributed by atoms with van der Waals surface area (Å²) in [6.45, 7) is 0. The summed E-state index contributed by atoms with van der Waals surface area (Å²) in [6, 6.07) is 15.2. The summed E-state index contributed by atoms with van der Waals surface area (Å²) in [5.41, 5.74) is 2.55. The van der Waals surface area contributed by atoms with Gasteiger partial charge in [0.2, 0.25) is 0 Å². The summed E-state index contributed by atoms with van der Waals surface area (Å²) >= 11 is 5.04. The Bertz CT molecular complexity index is 578. The Hall–Kier alpha value is -1.92. The van der Waals surface area contributed by atoms with Crippen LogP contribution in [0.25, 0.3) is 11.3 Å². The zero-order valence-corrected chi connectivity index (χ0v) is 8.71. The molecule has 0 radical (unpaired) electrons. The van der Waals surface area contributed by atoms with Crippen LogP contribution in [0.2, 0.25) is 0 Å². The van der Waals surface area contributed by atoms with Gasteiger partial charge < -0.3 is 4.98 Å². The first-order valence-electron chi connectivity index (χ1n) is 4.49. The molecular weight excluding hydrogens is 204 g/mol. The number of nitrogens with zero attached hydrogens (tertiary/aromatic N) is 1. The highest BCUT2D eigenvalue weighted by Gasteiger charge is 1.98. The van der Waals surface area contributed by atoms with Crippen LogP contribution >= 0.6 is 12.2 Å². The van der Waals surface area contributed by atoms with Gasteiger partial charge in [-0.3, -0.25) is 0 Å². The van der Waals surface area contributed by atoms with Crippen LogP contribution in [0.4, 0.5) is 0 Å². The van der Waals surface area contributed by atoms with E-state index in [0.717, 1.165) is 11.3 Å². The average Bonchev–Trinajstić information content (AvgIpc) is 2.29. The Morgan fingerprint density at radius 3 is 2.67 bits per heavy atom. The van der Waals surface area contributed by atoms with Crippen LogP contribution in [0.15, 0.2) is 42.5 Å². The number of aromatic nitrogens is 1. The van der Waals surface area contributed by atoms with Gasteiger partial charge in [0.05, 0.1) is 11.6 Å². The minimum absolute atomic E-state index is 0.649. The number of benzene rings is 1. The van der Waals surface area contributed by atoms with E-state index in [2.05, 4.69) is 11.1 Å². The molecule has 1 heterocycles. The molecule has 1 aromatic carbocycles. The molecule has 15 heavy (non-hydrogen) atoms. The van der Waals surface area contributed by atoms with Gasteiger partial charge in [0.1, 0.15) is 4.64 Å². The first-order valence-corrected chi connectivity index (χ1v) is 4.90.